The fourth-order valence-corrected chi connectivity index (χ4v) is 2.29. The average molecular weight is 212 g/mol. The van der Waals surface area contributed by atoms with Crippen molar-refractivity contribution in [1.82, 2.24) is 0 Å². The molecular weight excluding hydrogens is 188 g/mol. The molecule has 0 saturated carbocycles. The molecule has 88 valence electrons. The maximum Gasteiger partial charge on any atom is 0.0784 e. The standard InChI is InChI=1S/C13H24O2/c1-9-7-11(13(3,4)15-6)8-12(14-5)10(9)2/h11-12H,7-8H2,1-6H3/t11-,12+/m1/s1. The molecule has 0 unspecified atom stereocenters. The Balaban J connectivity index is 2.84. The minimum absolute atomic E-state index is 0.0568. The van der Waals surface area contributed by atoms with E-state index >= 15 is 0 Å². The summed E-state index contributed by atoms with van der Waals surface area (Å²) in [4.78, 5) is 0. The maximum absolute atomic E-state index is 5.58. The highest BCUT2D eigenvalue weighted by molar-refractivity contribution is 5.20. The summed E-state index contributed by atoms with van der Waals surface area (Å²) in [6.45, 7) is 8.72. The normalized spacial score (nSPS) is 28.4. The molecule has 1 aliphatic carbocycles. The number of hydrogen-bond acceptors (Lipinski definition) is 2. The molecule has 0 aromatic carbocycles. The molecule has 2 atom stereocenters. The van der Waals surface area contributed by atoms with E-state index in [1.165, 1.54) is 11.1 Å². The molecule has 0 aromatic heterocycles. The SMILES string of the molecule is CO[C@H]1C[C@H](C(C)(C)OC)CC(C)=C1C. The first-order valence-electron chi connectivity index (χ1n) is 5.66. The zero-order valence-electron chi connectivity index (χ0n) is 10.9. The van der Waals surface area contributed by atoms with Crippen molar-refractivity contribution in [2.24, 2.45) is 5.92 Å². The van der Waals surface area contributed by atoms with Crippen LogP contribution >= 0.6 is 0 Å². The Morgan fingerprint density at radius 2 is 1.80 bits per heavy atom. The lowest BCUT2D eigenvalue weighted by Gasteiger charge is -2.39. The smallest absolute Gasteiger partial charge is 0.0784 e. The predicted molar refractivity (Wildman–Crippen MR) is 63.0 cm³/mol. The predicted octanol–water partition coefficient (Wildman–Crippen LogP) is 3.17. The Hall–Kier alpha value is -0.340. The Morgan fingerprint density at radius 3 is 2.27 bits per heavy atom. The van der Waals surface area contributed by atoms with E-state index in [9.17, 15) is 0 Å². The van der Waals surface area contributed by atoms with E-state index in [4.69, 9.17) is 9.47 Å². The van der Waals surface area contributed by atoms with Crippen molar-refractivity contribution in [3.05, 3.63) is 11.1 Å². The fourth-order valence-electron chi connectivity index (χ4n) is 2.29. The van der Waals surface area contributed by atoms with Gasteiger partial charge in [-0.2, -0.15) is 0 Å². The molecule has 0 amide bonds. The van der Waals surface area contributed by atoms with E-state index in [-0.39, 0.29) is 11.7 Å². The minimum Gasteiger partial charge on any atom is -0.379 e. The lowest BCUT2D eigenvalue weighted by atomic mass is 9.75. The molecule has 0 radical (unpaired) electrons. The molecule has 0 heterocycles. The third-order valence-electron chi connectivity index (χ3n) is 4.00. The van der Waals surface area contributed by atoms with Crippen molar-refractivity contribution < 1.29 is 9.47 Å². The highest BCUT2D eigenvalue weighted by Crippen LogP contribution is 2.38. The minimum atomic E-state index is -0.0568. The third kappa shape index (κ3) is 2.61. The summed E-state index contributed by atoms with van der Waals surface area (Å²) < 4.78 is 11.1. The Bertz CT molecular complexity index is 253. The lowest BCUT2D eigenvalue weighted by molar-refractivity contribution is -0.0485. The van der Waals surface area contributed by atoms with E-state index in [1.54, 1.807) is 14.2 Å². The van der Waals surface area contributed by atoms with Crippen LogP contribution in [-0.2, 0) is 9.47 Å². The van der Waals surface area contributed by atoms with Crippen molar-refractivity contribution in [1.29, 1.82) is 0 Å². The number of rotatable bonds is 3. The third-order valence-corrected chi connectivity index (χ3v) is 4.00. The summed E-state index contributed by atoms with van der Waals surface area (Å²) >= 11 is 0. The molecule has 0 bridgehead atoms. The molecule has 0 fully saturated rings. The van der Waals surface area contributed by atoms with Crippen molar-refractivity contribution in [3.8, 4) is 0 Å². The van der Waals surface area contributed by atoms with Gasteiger partial charge in [0.25, 0.3) is 0 Å². The topological polar surface area (TPSA) is 18.5 Å². The molecular formula is C13H24O2. The van der Waals surface area contributed by atoms with Gasteiger partial charge in [0.1, 0.15) is 0 Å². The molecule has 0 N–H and O–H groups in total. The molecule has 0 saturated heterocycles. The van der Waals surface area contributed by atoms with Crippen molar-refractivity contribution in [2.75, 3.05) is 14.2 Å². The van der Waals surface area contributed by atoms with Crippen molar-refractivity contribution in [2.45, 2.75) is 52.2 Å². The van der Waals surface area contributed by atoms with Gasteiger partial charge in [0.05, 0.1) is 11.7 Å². The van der Waals surface area contributed by atoms with Crippen LogP contribution in [0.25, 0.3) is 0 Å². The van der Waals surface area contributed by atoms with Gasteiger partial charge in [-0.25, -0.2) is 0 Å². The highest BCUT2D eigenvalue weighted by atomic mass is 16.5. The first-order chi connectivity index (χ1) is 6.92. The van der Waals surface area contributed by atoms with Gasteiger partial charge in [0, 0.05) is 14.2 Å². The van der Waals surface area contributed by atoms with E-state index in [1.807, 2.05) is 0 Å². The molecule has 1 rings (SSSR count). The molecule has 15 heavy (non-hydrogen) atoms. The van der Waals surface area contributed by atoms with Gasteiger partial charge in [0.15, 0.2) is 0 Å². The molecule has 0 aliphatic heterocycles. The zero-order valence-corrected chi connectivity index (χ0v) is 10.9. The summed E-state index contributed by atoms with van der Waals surface area (Å²) in [7, 11) is 3.59. The Labute approximate surface area is 93.7 Å². The second-order valence-corrected chi connectivity index (χ2v) is 5.13. The van der Waals surface area contributed by atoms with Gasteiger partial charge in [-0.15, -0.1) is 0 Å². The second-order valence-electron chi connectivity index (χ2n) is 5.13. The van der Waals surface area contributed by atoms with Crippen LogP contribution in [0.15, 0.2) is 11.1 Å². The molecule has 0 spiro atoms. The van der Waals surface area contributed by atoms with Crippen LogP contribution in [0.3, 0.4) is 0 Å². The zero-order chi connectivity index (χ0) is 11.6. The van der Waals surface area contributed by atoms with Gasteiger partial charge in [-0.05, 0) is 52.0 Å². The average Bonchev–Trinajstić information content (AvgIpc) is 2.21. The number of hydrogen-bond donors (Lipinski definition) is 0. The van der Waals surface area contributed by atoms with Gasteiger partial charge in [-0.3, -0.25) is 0 Å². The first kappa shape index (κ1) is 12.7. The van der Waals surface area contributed by atoms with Crippen molar-refractivity contribution in [3.63, 3.8) is 0 Å². The number of methoxy groups -OCH3 is 2. The van der Waals surface area contributed by atoms with Gasteiger partial charge in [-0.1, -0.05) is 5.57 Å². The van der Waals surface area contributed by atoms with Crippen LogP contribution in [0, 0.1) is 5.92 Å². The van der Waals surface area contributed by atoms with Gasteiger partial charge < -0.3 is 9.47 Å². The van der Waals surface area contributed by atoms with Crippen LogP contribution in [0.4, 0.5) is 0 Å². The Kier molecular flexibility index (Phi) is 3.96. The molecule has 2 heteroatoms. The number of allylic oxidation sites excluding steroid dienone is 1. The van der Waals surface area contributed by atoms with E-state index in [2.05, 4.69) is 27.7 Å². The van der Waals surface area contributed by atoms with Crippen LogP contribution in [0.5, 0.6) is 0 Å². The maximum atomic E-state index is 5.58. The first-order valence-corrected chi connectivity index (χ1v) is 5.66. The summed E-state index contributed by atoms with van der Waals surface area (Å²) in [5.74, 6) is 0.552. The largest absolute Gasteiger partial charge is 0.379 e. The van der Waals surface area contributed by atoms with Crippen LogP contribution < -0.4 is 0 Å². The second kappa shape index (κ2) is 4.67. The van der Waals surface area contributed by atoms with Gasteiger partial charge >= 0.3 is 0 Å². The summed E-state index contributed by atoms with van der Waals surface area (Å²) in [5.41, 5.74) is 2.81. The monoisotopic (exact) mass is 212 g/mol. The Morgan fingerprint density at radius 1 is 1.20 bits per heavy atom. The quantitative estimate of drug-likeness (QED) is 0.669. The van der Waals surface area contributed by atoms with E-state index < -0.39 is 0 Å². The van der Waals surface area contributed by atoms with Crippen LogP contribution in [0.1, 0.15) is 40.5 Å². The lowest BCUT2D eigenvalue weighted by Crippen LogP contribution is -2.39. The molecule has 2 nitrogen and oxygen atoms in total. The van der Waals surface area contributed by atoms with Gasteiger partial charge in [0.2, 0.25) is 0 Å². The van der Waals surface area contributed by atoms with E-state index in [0.717, 1.165) is 12.8 Å². The van der Waals surface area contributed by atoms with Crippen LogP contribution in [-0.4, -0.2) is 25.9 Å². The van der Waals surface area contributed by atoms with Crippen LogP contribution in [0.2, 0.25) is 0 Å². The molecule has 0 aromatic rings. The molecule has 1 aliphatic rings. The van der Waals surface area contributed by atoms with E-state index in [0.29, 0.717) is 5.92 Å². The summed E-state index contributed by atoms with van der Waals surface area (Å²) in [6.07, 6.45) is 2.48. The number of ether oxygens (including phenoxy) is 2. The highest BCUT2D eigenvalue weighted by Gasteiger charge is 2.35. The summed E-state index contributed by atoms with van der Waals surface area (Å²) in [5, 5.41) is 0. The van der Waals surface area contributed by atoms with Crippen molar-refractivity contribution >= 4 is 0 Å². The summed E-state index contributed by atoms with van der Waals surface area (Å²) in [6, 6.07) is 0. The fraction of sp³-hybridized carbons (Fsp3) is 0.846.